The number of aromatic amines is 1. The van der Waals surface area contributed by atoms with Crippen molar-refractivity contribution in [2.45, 2.75) is 45.2 Å². The van der Waals surface area contributed by atoms with E-state index < -0.39 is 0 Å². The number of aromatic hydroxyl groups is 1. The van der Waals surface area contributed by atoms with Gasteiger partial charge in [0.25, 0.3) is 5.91 Å². The molecule has 0 spiro atoms. The average molecular weight is 504 g/mol. The summed E-state index contributed by atoms with van der Waals surface area (Å²) in [6, 6.07) is 9.60. The first kappa shape index (κ1) is 24.2. The monoisotopic (exact) mass is 503 g/mol. The minimum absolute atomic E-state index is 0.00236. The first-order valence-corrected chi connectivity index (χ1v) is 13.7. The van der Waals surface area contributed by atoms with E-state index in [-0.39, 0.29) is 11.7 Å². The SMILES string of the molecule is CN1CCN(CCOc2ccc3c(c2)CN(C(=O)c2cc4c(CC5CCCC5)n[nH]c4cc2O)C3)CC1. The highest BCUT2D eigenvalue weighted by molar-refractivity contribution is 6.01. The van der Waals surface area contributed by atoms with E-state index in [1.165, 1.54) is 25.7 Å². The van der Waals surface area contributed by atoms with Crippen LogP contribution in [0.3, 0.4) is 0 Å². The quantitative estimate of drug-likeness (QED) is 0.511. The third-order valence-corrected chi connectivity index (χ3v) is 8.40. The number of nitrogens with zero attached hydrogens (tertiary/aromatic N) is 4. The normalized spacial score (nSPS) is 19.1. The Morgan fingerprint density at radius 2 is 1.86 bits per heavy atom. The molecule has 2 fully saturated rings. The number of phenols is 1. The Balaban J connectivity index is 1.11. The fourth-order valence-corrected chi connectivity index (χ4v) is 6.06. The lowest BCUT2D eigenvalue weighted by atomic mass is 9.99. The van der Waals surface area contributed by atoms with Gasteiger partial charge in [0.1, 0.15) is 18.1 Å². The van der Waals surface area contributed by atoms with Crippen LogP contribution < -0.4 is 4.74 Å². The Bertz CT molecular complexity index is 1270. The predicted octanol–water partition coefficient (Wildman–Crippen LogP) is 3.78. The van der Waals surface area contributed by atoms with Crippen LogP contribution in [0, 0.1) is 5.92 Å². The fraction of sp³-hybridized carbons (Fsp3) is 0.517. The van der Waals surface area contributed by atoms with Crippen LogP contribution in [0.2, 0.25) is 0 Å². The number of piperazine rings is 1. The molecule has 0 atom stereocenters. The molecular weight excluding hydrogens is 466 g/mol. The molecule has 1 saturated heterocycles. The minimum Gasteiger partial charge on any atom is -0.507 e. The molecular formula is C29H37N5O3. The number of hydrogen-bond donors (Lipinski definition) is 2. The van der Waals surface area contributed by atoms with E-state index in [0.29, 0.717) is 31.2 Å². The van der Waals surface area contributed by atoms with E-state index in [2.05, 4.69) is 39.2 Å². The molecule has 2 N–H and O–H groups in total. The standard InChI is InChI=1S/C29H37N5O3/c1-32-8-10-33(11-9-32)12-13-37-23-7-6-21-18-34(19-22(21)15-23)29(36)25-16-24-26(14-20-4-2-3-5-20)30-31-27(24)17-28(25)35/h6-7,15-17,20,35H,2-5,8-14,18-19H2,1H3,(H,30,31). The fourth-order valence-electron chi connectivity index (χ4n) is 6.06. The highest BCUT2D eigenvalue weighted by Crippen LogP contribution is 2.34. The maximum atomic E-state index is 13.5. The van der Waals surface area contributed by atoms with E-state index in [1.807, 2.05) is 12.1 Å². The summed E-state index contributed by atoms with van der Waals surface area (Å²) < 4.78 is 6.06. The highest BCUT2D eigenvalue weighted by atomic mass is 16.5. The van der Waals surface area contributed by atoms with Crippen LogP contribution in [0.25, 0.3) is 10.9 Å². The van der Waals surface area contributed by atoms with E-state index in [9.17, 15) is 9.90 Å². The first-order chi connectivity index (χ1) is 18.0. The molecule has 8 heteroatoms. The summed E-state index contributed by atoms with van der Waals surface area (Å²) in [5, 5.41) is 19.2. The zero-order chi connectivity index (χ0) is 25.4. The molecule has 1 saturated carbocycles. The number of carbonyl (C=O) groups excluding carboxylic acids is 1. The van der Waals surface area contributed by atoms with Crippen molar-refractivity contribution in [2.24, 2.45) is 5.92 Å². The largest absolute Gasteiger partial charge is 0.507 e. The van der Waals surface area contributed by atoms with Crippen molar-refractivity contribution in [3.8, 4) is 11.5 Å². The van der Waals surface area contributed by atoms with Gasteiger partial charge in [0.2, 0.25) is 0 Å². The second-order valence-electron chi connectivity index (χ2n) is 11.0. The smallest absolute Gasteiger partial charge is 0.258 e. The van der Waals surface area contributed by atoms with Crippen LogP contribution in [-0.2, 0) is 19.5 Å². The Kier molecular flexibility index (Phi) is 6.78. The molecule has 3 heterocycles. The topological polar surface area (TPSA) is 84.9 Å². The molecule has 37 heavy (non-hydrogen) atoms. The summed E-state index contributed by atoms with van der Waals surface area (Å²) in [4.78, 5) is 20.1. The van der Waals surface area contributed by atoms with Gasteiger partial charge in [0.15, 0.2) is 0 Å². The molecule has 1 aromatic heterocycles. The van der Waals surface area contributed by atoms with Gasteiger partial charge >= 0.3 is 0 Å². The number of rotatable bonds is 7. The summed E-state index contributed by atoms with van der Waals surface area (Å²) in [6.07, 6.45) is 5.98. The summed E-state index contributed by atoms with van der Waals surface area (Å²) in [6.45, 7) is 7.01. The highest BCUT2D eigenvalue weighted by Gasteiger charge is 2.28. The molecule has 0 radical (unpaired) electrons. The van der Waals surface area contributed by atoms with Crippen molar-refractivity contribution in [2.75, 3.05) is 46.4 Å². The van der Waals surface area contributed by atoms with Crippen LogP contribution >= 0.6 is 0 Å². The second-order valence-corrected chi connectivity index (χ2v) is 11.0. The van der Waals surface area contributed by atoms with E-state index in [0.717, 1.165) is 72.6 Å². The van der Waals surface area contributed by atoms with Crippen LogP contribution in [-0.4, -0.2) is 82.3 Å². The zero-order valence-corrected chi connectivity index (χ0v) is 21.7. The maximum Gasteiger partial charge on any atom is 0.258 e. The van der Waals surface area contributed by atoms with Crippen molar-refractivity contribution in [1.29, 1.82) is 0 Å². The van der Waals surface area contributed by atoms with E-state index in [4.69, 9.17) is 4.74 Å². The third-order valence-electron chi connectivity index (χ3n) is 8.40. The van der Waals surface area contributed by atoms with Crippen molar-refractivity contribution < 1.29 is 14.6 Å². The molecule has 2 aliphatic heterocycles. The van der Waals surface area contributed by atoms with Gasteiger partial charge in [-0.3, -0.25) is 14.8 Å². The number of aromatic nitrogens is 2. The van der Waals surface area contributed by atoms with Crippen LogP contribution in [0.1, 0.15) is 52.9 Å². The maximum absolute atomic E-state index is 13.5. The summed E-state index contributed by atoms with van der Waals surface area (Å²) in [7, 11) is 2.16. The Labute approximate surface area is 218 Å². The molecule has 3 aliphatic rings. The number of nitrogens with one attached hydrogen (secondary N) is 1. The second kappa shape index (κ2) is 10.3. The van der Waals surface area contributed by atoms with Gasteiger partial charge in [0, 0.05) is 57.3 Å². The summed E-state index contributed by atoms with van der Waals surface area (Å²) in [5.74, 6) is 1.35. The summed E-state index contributed by atoms with van der Waals surface area (Å²) in [5.41, 5.74) is 4.36. The van der Waals surface area contributed by atoms with Crippen LogP contribution in [0.15, 0.2) is 30.3 Å². The van der Waals surface area contributed by atoms with E-state index in [1.54, 1.807) is 11.0 Å². The average Bonchev–Trinajstić information content (AvgIpc) is 3.65. The molecule has 1 aliphatic carbocycles. The van der Waals surface area contributed by atoms with Crippen molar-refractivity contribution >= 4 is 16.8 Å². The van der Waals surface area contributed by atoms with Crippen molar-refractivity contribution in [3.63, 3.8) is 0 Å². The lowest BCUT2D eigenvalue weighted by Gasteiger charge is -2.32. The van der Waals surface area contributed by atoms with Gasteiger partial charge in [-0.1, -0.05) is 31.7 Å². The van der Waals surface area contributed by atoms with Gasteiger partial charge in [-0.2, -0.15) is 5.10 Å². The number of H-pyrrole nitrogens is 1. The van der Waals surface area contributed by atoms with Gasteiger partial charge in [-0.15, -0.1) is 0 Å². The number of hydrogen-bond acceptors (Lipinski definition) is 6. The number of amides is 1. The lowest BCUT2D eigenvalue weighted by molar-refractivity contribution is 0.0748. The lowest BCUT2D eigenvalue weighted by Crippen LogP contribution is -2.45. The van der Waals surface area contributed by atoms with Crippen molar-refractivity contribution in [3.05, 3.63) is 52.7 Å². The molecule has 0 unspecified atom stereocenters. The van der Waals surface area contributed by atoms with Gasteiger partial charge < -0.3 is 19.6 Å². The van der Waals surface area contributed by atoms with Gasteiger partial charge in [-0.05, 0) is 48.7 Å². The first-order valence-electron chi connectivity index (χ1n) is 13.7. The summed E-state index contributed by atoms with van der Waals surface area (Å²) >= 11 is 0. The number of fused-ring (bicyclic) bond motifs is 2. The molecule has 1 amide bonds. The number of likely N-dealkylation sites (N-methyl/N-ethyl adjacent to an activating group) is 1. The number of benzene rings is 2. The zero-order valence-electron chi connectivity index (χ0n) is 21.7. The van der Waals surface area contributed by atoms with E-state index >= 15 is 0 Å². The van der Waals surface area contributed by atoms with Crippen LogP contribution in [0.4, 0.5) is 0 Å². The number of ether oxygens (including phenoxy) is 1. The van der Waals surface area contributed by atoms with Gasteiger partial charge in [-0.25, -0.2) is 0 Å². The molecule has 0 bridgehead atoms. The molecule has 3 aromatic rings. The third kappa shape index (κ3) is 5.18. The Morgan fingerprint density at radius 3 is 2.68 bits per heavy atom. The predicted molar refractivity (Wildman–Crippen MR) is 143 cm³/mol. The number of carbonyl (C=O) groups is 1. The number of phenolic OH excluding ortho intramolecular Hbond substituents is 1. The molecule has 6 rings (SSSR count). The molecule has 196 valence electrons. The van der Waals surface area contributed by atoms with Gasteiger partial charge in [0.05, 0.1) is 16.8 Å². The Morgan fingerprint density at radius 1 is 1.08 bits per heavy atom. The van der Waals surface area contributed by atoms with Crippen LogP contribution in [0.5, 0.6) is 11.5 Å². The molecule has 2 aromatic carbocycles. The van der Waals surface area contributed by atoms with Crippen molar-refractivity contribution in [1.82, 2.24) is 24.9 Å². The minimum atomic E-state index is -0.152. The molecule has 8 nitrogen and oxygen atoms in total. The Hall–Kier alpha value is -3.10.